The van der Waals surface area contributed by atoms with Gasteiger partial charge >= 0.3 is 0 Å². The Balaban J connectivity index is 1.79. The third-order valence-corrected chi connectivity index (χ3v) is 4.89. The van der Waals surface area contributed by atoms with Crippen LogP contribution in [0.3, 0.4) is 0 Å². The van der Waals surface area contributed by atoms with Crippen LogP contribution < -0.4 is 10.2 Å². The summed E-state index contributed by atoms with van der Waals surface area (Å²) in [5.74, 6) is 1.53. The first-order chi connectivity index (χ1) is 13.3. The molecule has 146 valence electrons. The summed E-state index contributed by atoms with van der Waals surface area (Å²) in [5, 5.41) is 12.5. The van der Waals surface area contributed by atoms with Crippen LogP contribution >= 0.6 is 0 Å². The molecule has 1 saturated heterocycles. The van der Waals surface area contributed by atoms with Gasteiger partial charge in [0.25, 0.3) is 5.91 Å². The number of nitrogens with one attached hydrogen (secondary N) is 1. The largest absolute Gasteiger partial charge is 0.365 e. The Morgan fingerprint density at radius 1 is 1.25 bits per heavy atom. The summed E-state index contributed by atoms with van der Waals surface area (Å²) in [7, 11) is 3.39. The fourth-order valence-corrected chi connectivity index (χ4v) is 3.30. The molecule has 3 heterocycles. The number of aryl methyl sites for hydroxylation is 2. The van der Waals surface area contributed by atoms with Gasteiger partial charge in [-0.15, -0.1) is 0 Å². The van der Waals surface area contributed by atoms with Gasteiger partial charge in [-0.3, -0.25) is 4.79 Å². The van der Waals surface area contributed by atoms with Gasteiger partial charge in [0.05, 0.1) is 0 Å². The van der Waals surface area contributed by atoms with Crippen molar-refractivity contribution in [3.05, 3.63) is 40.5 Å². The molecule has 0 unspecified atom stereocenters. The average molecular weight is 379 g/mol. The van der Waals surface area contributed by atoms with Crippen LogP contribution in [0.2, 0.25) is 0 Å². The normalized spacial score (nSPS) is 16.0. The molecule has 1 aliphatic heterocycles. The third-order valence-electron chi connectivity index (χ3n) is 4.89. The molecule has 2 aromatic heterocycles. The van der Waals surface area contributed by atoms with Crippen molar-refractivity contribution >= 4 is 17.5 Å². The molecule has 1 aliphatic rings. The fraction of sp³-hybridized carbons (Fsp3) is 0.450. The predicted octanol–water partition coefficient (Wildman–Crippen LogP) is 2.06. The van der Waals surface area contributed by atoms with Crippen molar-refractivity contribution < 1.29 is 4.79 Å². The van der Waals surface area contributed by atoms with E-state index in [2.05, 4.69) is 31.2 Å². The van der Waals surface area contributed by atoms with Crippen LogP contribution in [-0.4, -0.2) is 59.0 Å². The molecule has 2 aromatic rings. The number of nitriles is 1. The van der Waals surface area contributed by atoms with Crippen molar-refractivity contribution in [2.24, 2.45) is 0 Å². The second-order valence-electron chi connectivity index (χ2n) is 7.38. The molecular weight excluding hydrogens is 354 g/mol. The van der Waals surface area contributed by atoms with Crippen LogP contribution in [0.15, 0.2) is 12.1 Å². The zero-order chi connectivity index (χ0) is 20.4. The van der Waals surface area contributed by atoms with E-state index in [4.69, 9.17) is 5.26 Å². The smallest absolute Gasteiger partial charge is 0.291 e. The van der Waals surface area contributed by atoms with Crippen LogP contribution in [0.5, 0.6) is 0 Å². The third kappa shape index (κ3) is 4.03. The predicted molar refractivity (Wildman–Crippen MR) is 107 cm³/mol. The molecule has 8 nitrogen and oxygen atoms in total. The van der Waals surface area contributed by atoms with E-state index < -0.39 is 0 Å². The lowest BCUT2D eigenvalue weighted by molar-refractivity contribution is 0.0815. The highest BCUT2D eigenvalue weighted by atomic mass is 16.2. The van der Waals surface area contributed by atoms with Crippen LogP contribution in [0.4, 0.5) is 11.6 Å². The molecule has 1 N–H and O–H groups in total. The summed E-state index contributed by atoms with van der Waals surface area (Å²) in [6.45, 7) is 7.40. The number of hydrogen-bond donors (Lipinski definition) is 1. The van der Waals surface area contributed by atoms with E-state index >= 15 is 0 Å². The first kappa shape index (κ1) is 19.5. The Kier molecular flexibility index (Phi) is 5.45. The van der Waals surface area contributed by atoms with E-state index in [1.54, 1.807) is 20.2 Å². The monoisotopic (exact) mass is 379 g/mol. The lowest BCUT2D eigenvalue weighted by atomic mass is 10.2. The molecule has 28 heavy (non-hydrogen) atoms. The Labute approximate surface area is 165 Å². The summed E-state index contributed by atoms with van der Waals surface area (Å²) < 4.78 is 0. The number of aromatic nitrogens is 3. The zero-order valence-electron chi connectivity index (χ0n) is 16.9. The van der Waals surface area contributed by atoms with Gasteiger partial charge in [0, 0.05) is 44.5 Å². The molecule has 0 saturated carbocycles. The maximum Gasteiger partial charge on any atom is 0.291 e. The highest BCUT2D eigenvalue weighted by molar-refractivity contribution is 5.90. The highest BCUT2D eigenvalue weighted by Crippen LogP contribution is 2.25. The van der Waals surface area contributed by atoms with E-state index in [1.807, 2.05) is 26.8 Å². The molecule has 1 fully saturated rings. The minimum Gasteiger partial charge on any atom is -0.365 e. The summed E-state index contributed by atoms with van der Waals surface area (Å²) in [5.41, 5.74) is 3.20. The van der Waals surface area contributed by atoms with Crippen molar-refractivity contribution in [3.8, 4) is 6.07 Å². The molecular formula is C20H25N7O. The van der Waals surface area contributed by atoms with Crippen molar-refractivity contribution in [2.45, 2.75) is 33.2 Å². The SMILES string of the molecule is Cc1cc(C#N)nc(N[C@@H]2CCN(c3nc(C(=O)N(C)C)nc(C)c3C)C2)c1. The number of nitrogens with zero attached hydrogens (tertiary/aromatic N) is 6. The van der Waals surface area contributed by atoms with Gasteiger partial charge in [-0.1, -0.05) is 0 Å². The highest BCUT2D eigenvalue weighted by Gasteiger charge is 2.27. The molecule has 0 bridgehead atoms. The Hall–Kier alpha value is -3.21. The maximum absolute atomic E-state index is 12.3. The summed E-state index contributed by atoms with van der Waals surface area (Å²) in [4.78, 5) is 29.2. The van der Waals surface area contributed by atoms with Crippen LogP contribution in [0.1, 0.15) is 39.6 Å². The van der Waals surface area contributed by atoms with Crippen LogP contribution in [0.25, 0.3) is 0 Å². The quantitative estimate of drug-likeness (QED) is 0.868. The maximum atomic E-state index is 12.3. The summed E-state index contributed by atoms with van der Waals surface area (Å²) in [6, 6.07) is 5.98. The average Bonchev–Trinajstić information content (AvgIpc) is 3.10. The Morgan fingerprint density at radius 2 is 2.00 bits per heavy atom. The number of carbonyl (C=O) groups excluding carboxylic acids is 1. The van der Waals surface area contributed by atoms with Gasteiger partial charge in [-0.25, -0.2) is 15.0 Å². The number of carbonyl (C=O) groups is 1. The number of pyridine rings is 1. The molecule has 0 radical (unpaired) electrons. The van der Waals surface area contributed by atoms with E-state index in [1.165, 1.54) is 4.90 Å². The molecule has 3 rings (SSSR count). The second kappa shape index (κ2) is 7.80. The van der Waals surface area contributed by atoms with Crippen molar-refractivity contribution in [3.63, 3.8) is 0 Å². The minimum absolute atomic E-state index is 0.184. The molecule has 8 heteroatoms. The van der Waals surface area contributed by atoms with Gasteiger partial charge in [0.1, 0.15) is 23.4 Å². The minimum atomic E-state index is -0.203. The van der Waals surface area contributed by atoms with E-state index in [0.29, 0.717) is 11.5 Å². The van der Waals surface area contributed by atoms with E-state index in [-0.39, 0.29) is 17.8 Å². The first-order valence-corrected chi connectivity index (χ1v) is 9.25. The number of rotatable bonds is 4. The topological polar surface area (TPSA) is 98.0 Å². The van der Waals surface area contributed by atoms with Gasteiger partial charge < -0.3 is 15.1 Å². The second-order valence-corrected chi connectivity index (χ2v) is 7.38. The van der Waals surface area contributed by atoms with E-state index in [9.17, 15) is 4.79 Å². The number of anilines is 2. The lowest BCUT2D eigenvalue weighted by Crippen LogP contribution is -2.30. The fourth-order valence-electron chi connectivity index (χ4n) is 3.30. The summed E-state index contributed by atoms with van der Waals surface area (Å²) in [6.07, 6.45) is 0.914. The number of hydrogen-bond acceptors (Lipinski definition) is 7. The van der Waals surface area contributed by atoms with Crippen molar-refractivity contribution in [2.75, 3.05) is 37.4 Å². The Bertz CT molecular complexity index is 948. The molecule has 0 spiro atoms. The van der Waals surface area contributed by atoms with Crippen molar-refractivity contribution in [1.82, 2.24) is 19.9 Å². The Morgan fingerprint density at radius 3 is 2.68 bits per heavy atom. The zero-order valence-corrected chi connectivity index (χ0v) is 16.9. The molecule has 1 atom stereocenters. The first-order valence-electron chi connectivity index (χ1n) is 9.25. The van der Waals surface area contributed by atoms with Gasteiger partial charge in [-0.2, -0.15) is 5.26 Å². The van der Waals surface area contributed by atoms with Crippen LogP contribution in [-0.2, 0) is 0 Å². The van der Waals surface area contributed by atoms with E-state index in [0.717, 1.165) is 42.1 Å². The van der Waals surface area contributed by atoms with Crippen molar-refractivity contribution in [1.29, 1.82) is 5.26 Å². The van der Waals surface area contributed by atoms with Crippen LogP contribution in [0, 0.1) is 32.1 Å². The molecule has 0 aromatic carbocycles. The standard InChI is InChI=1S/C20H25N7O/c1-12-8-16(10-21)24-17(9-12)23-15-6-7-27(11-15)19-13(2)14(3)22-18(25-19)20(28)26(4)5/h8-9,15H,6-7,11H2,1-5H3,(H,23,24)/t15-/m1/s1. The molecule has 0 aliphatic carbocycles. The lowest BCUT2D eigenvalue weighted by Gasteiger charge is -2.22. The van der Waals surface area contributed by atoms with Gasteiger partial charge in [0.15, 0.2) is 0 Å². The summed E-state index contributed by atoms with van der Waals surface area (Å²) >= 11 is 0. The van der Waals surface area contributed by atoms with Gasteiger partial charge in [0.2, 0.25) is 5.82 Å². The van der Waals surface area contributed by atoms with Gasteiger partial charge in [-0.05, 0) is 44.9 Å². The molecule has 1 amide bonds. The number of amides is 1.